The highest BCUT2D eigenvalue weighted by molar-refractivity contribution is 5.87. The van der Waals surface area contributed by atoms with E-state index < -0.39 is 0 Å². The number of methoxy groups -OCH3 is 1. The van der Waals surface area contributed by atoms with E-state index in [0.717, 1.165) is 44.3 Å². The molecule has 0 radical (unpaired) electrons. The SMILES string of the molecule is CC.COC1=CC2=CCC3C(=CCC4(C)C(=O)CCC34)C2(C)CC1. The summed E-state index contributed by atoms with van der Waals surface area (Å²) in [5, 5.41) is 0. The molecule has 4 unspecified atom stereocenters. The lowest BCUT2D eigenvalue weighted by atomic mass is 9.53. The predicted molar refractivity (Wildman–Crippen MR) is 98.5 cm³/mol. The fraction of sp³-hybridized carbons (Fsp3) is 0.682. The molecular formula is C22H32O2. The van der Waals surface area contributed by atoms with E-state index >= 15 is 0 Å². The number of hydrogen-bond donors (Lipinski definition) is 0. The largest absolute Gasteiger partial charge is 0.501 e. The highest BCUT2D eigenvalue weighted by Crippen LogP contribution is 2.61. The van der Waals surface area contributed by atoms with E-state index in [1.54, 1.807) is 12.7 Å². The molecule has 1 saturated carbocycles. The molecule has 0 spiro atoms. The van der Waals surface area contributed by atoms with Crippen LogP contribution < -0.4 is 0 Å². The van der Waals surface area contributed by atoms with Crippen LogP contribution in [0.1, 0.15) is 66.2 Å². The van der Waals surface area contributed by atoms with Crippen LogP contribution in [0.5, 0.6) is 0 Å². The quantitative estimate of drug-likeness (QED) is 0.585. The number of fused-ring (bicyclic) bond motifs is 5. The highest BCUT2D eigenvalue weighted by Gasteiger charge is 2.54. The van der Waals surface area contributed by atoms with Crippen LogP contribution >= 0.6 is 0 Å². The second-order valence-corrected chi connectivity index (χ2v) is 8.00. The Bertz CT molecular complexity index is 624. The highest BCUT2D eigenvalue weighted by atomic mass is 16.5. The van der Waals surface area contributed by atoms with E-state index in [2.05, 4.69) is 32.1 Å². The standard InChI is InChI=1S/C20H26O2.C2H6/c1-19-10-8-14(22-3)12-13(19)4-5-15-16-6-7-18(21)20(16,2)11-9-17(15)19;1-2/h4,9,12,15-16H,5-8,10-11H2,1-3H3;1-2H3. The molecule has 4 rings (SSSR count). The predicted octanol–water partition coefficient (Wildman–Crippen LogP) is 5.60. The lowest BCUT2D eigenvalue weighted by Crippen LogP contribution is -2.43. The van der Waals surface area contributed by atoms with E-state index in [0.29, 0.717) is 17.6 Å². The molecule has 132 valence electrons. The van der Waals surface area contributed by atoms with Crippen LogP contribution in [0.2, 0.25) is 0 Å². The molecule has 1 fully saturated rings. The Balaban J connectivity index is 0.000000815. The fourth-order valence-corrected chi connectivity index (χ4v) is 5.56. The summed E-state index contributed by atoms with van der Waals surface area (Å²) < 4.78 is 5.48. The first-order valence-corrected chi connectivity index (χ1v) is 9.68. The van der Waals surface area contributed by atoms with Crippen LogP contribution in [0.15, 0.2) is 35.1 Å². The molecule has 24 heavy (non-hydrogen) atoms. The molecule has 4 aliphatic carbocycles. The van der Waals surface area contributed by atoms with Crippen LogP contribution in [0.25, 0.3) is 0 Å². The van der Waals surface area contributed by atoms with Gasteiger partial charge in [-0.05, 0) is 49.2 Å². The van der Waals surface area contributed by atoms with Gasteiger partial charge in [-0.3, -0.25) is 4.79 Å². The van der Waals surface area contributed by atoms with Gasteiger partial charge in [0.2, 0.25) is 0 Å². The van der Waals surface area contributed by atoms with Crippen LogP contribution in [0, 0.1) is 22.7 Å². The molecule has 0 amide bonds. The van der Waals surface area contributed by atoms with Gasteiger partial charge in [0.15, 0.2) is 0 Å². The molecule has 0 bridgehead atoms. The number of Topliss-reactive ketones (excluding diaryl/α,β-unsaturated/α-hetero) is 1. The number of carbonyl (C=O) groups is 1. The van der Waals surface area contributed by atoms with E-state index in [1.807, 2.05) is 13.8 Å². The zero-order chi connectivity index (χ0) is 17.5. The summed E-state index contributed by atoms with van der Waals surface area (Å²) in [6.45, 7) is 8.62. The molecule has 0 saturated heterocycles. The van der Waals surface area contributed by atoms with Crippen LogP contribution in [0.3, 0.4) is 0 Å². The summed E-state index contributed by atoms with van der Waals surface area (Å²) in [6.07, 6.45) is 13.2. The summed E-state index contributed by atoms with van der Waals surface area (Å²) in [4.78, 5) is 12.4. The third-order valence-electron chi connectivity index (χ3n) is 7.09. The average molecular weight is 328 g/mol. The van der Waals surface area contributed by atoms with Gasteiger partial charge < -0.3 is 4.74 Å². The van der Waals surface area contributed by atoms with E-state index in [4.69, 9.17) is 4.74 Å². The summed E-state index contributed by atoms with van der Waals surface area (Å²) >= 11 is 0. The summed E-state index contributed by atoms with van der Waals surface area (Å²) in [6, 6.07) is 0. The van der Waals surface area contributed by atoms with Crippen LogP contribution in [0.4, 0.5) is 0 Å². The Kier molecular flexibility index (Phi) is 4.53. The topological polar surface area (TPSA) is 26.3 Å². The van der Waals surface area contributed by atoms with Crippen molar-refractivity contribution in [2.45, 2.75) is 66.2 Å². The number of hydrogen-bond acceptors (Lipinski definition) is 2. The van der Waals surface area contributed by atoms with Crippen molar-refractivity contribution in [3.05, 3.63) is 35.1 Å². The van der Waals surface area contributed by atoms with Crippen molar-refractivity contribution in [2.75, 3.05) is 7.11 Å². The summed E-state index contributed by atoms with van der Waals surface area (Å²) in [5.74, 6) is 2.75. The zero-order valence-corrected chi connectivity index (χ0v) is 15.9. The average Bonchev–Trinajstić information content (AvgIpc) is 2.91. The van der Waals surface area contributed by atoms with E-state index in [-0.39, 0.29) is 10.8 Å². The van der Waals surface area contributed by atoms with Crippen molar-refractivity contribution in [3.63, 3.8) is 0 Å². The van der Waals surface area contributed by atoms with Crippen molar-refractivity contribution in [2.24, 2.45) is 22.7 Å². The Morgan fingerprint density at radius 2 is 1.92 bits per heavy atom. The molecular weight excluding hydrogens is 296 g/mol. The van der Waals surface area contributed by atoms with Gasteiger partial charge in [-0.25, -0.2) is 0 Å². The lowest BCUT2D eigenvalue weighted by molar-refractivity contribution is -0.127. The minimum Gasteiger partial charge on any atom is -0.501 e. The van der Waals surface area contributed by atoms with Crippen molar-refractivity contribution < 1.29 is 9.53 Å². The van der Waals surface area contributed by atoms with Crippen molar-refractivity contribution >= 4 is 5.78 Å². The molecule has 4 atom stereocenters. The van der Waals surface area contributed by atoms with Crippen LogP contribution in [-0.2, 0) is 9.53 Å². The molecule has 0 heterocycles. The maximum atomic E-state index is 12.4. The van der Waals surface area contributed by atoms with E-state index in [1.165, 1.54) is 5.57 Å². The molecule has 0 aromatic heterocycles. The molecule has 0 aromatic carbocycles. The lowest BCUT2D eigenvalue weighted by Gasteiger charge is -2.50. The molecule has 0 N–H and O–H groups in total. The minimum absolute atomic E-state index is 0.0853. The van der Waals surface area contributed by atoms with Crippen molar-refractivity contribution in [1.82, 2.24) is 0 Å². The number of rotatable bonds is 1. The van der Waals surface area contributed by atoms with E-state index in [9.17, 15) is 4.79 Å². The van der Waals surface area contributed by atoms with Crippen molar-refractivity contribution in [3.8, 4) is 0 Å². The van der Waals surface area contributed by atoms with Crippen molar-refractivity contribution in [1.29, 1.82) is 0 Å². The summed E-state index contributed by atoms with van der Waals surface area (Å²) in [7, 11) is 1.77. The van der Waals surface area contributed by atoms with Gasteiger partial charge in [-0.1, -0.05) is 45.4 Å². The number of carbonyl (C=O) groups excluding carboxylic acids is 1. The first-order chi connectivity index (χ1) is 11.5. The molecule has 0 aromatic rings. The third-order valence-corrected chi connectivity index (χ3v) is 7.09. The van der Waals surface area contributed by atoms with Gasteiger partial charge in [-0.2, -0.15) is 0 Å². The Morgan fingerprint density at radius 1 is 1.17 bits per heavy atom. The molecule has 2 nitrogen and oxygen atoms in total. The van der Waals surface area contributed by atoms with Crippen LogP contribution in [-0.4, -0.2) is 12.9 Å². The Hall–Kier alpha value is -1.31. The second kappa shape index (κ2) is 6.20. The second-order valence-electron chi connectivity index (χ2n) is 8.00. The van der Waals surface area contributed by atoms with Gasteiger partial charge in [0.25, 0.3) is 0 Å². The monoisotopic (exact) mass is 328 g/mol. The smallest absolute Gasteiger partial charge is 0.139 e. The number of ether oxygens (including phenoxy) is 1. The first kappa shape index (κ1) is 17.5. The normalized spacial score (nSPS) is 40.0. The zero-order valence-electron chi connectivity index (χ0n) is 15.9. The van der Waals surface area contributed by atoms with Gasteiger partial charge in [0.05, 0.1) is 12.9 Å². The maximum absolute atomic E-state index is 12.4. The number of ketones is 1. The molecule has 0 aliphatic heterocycles. The molecule has 4 aliphatic rings. The van der Waals surface area contributed by atoms with Gasteiger partial charge >= 0.3 is 0 Å². The third kappa shape index (κ3) is 2.33. The fourth-order valence-electron chi connectivity index (χ4n) is 5.56. The van der Waals surface area contributed by atoms with Gasteiger partial charge in [0.1, 0.15) is 5.78 Å². The molecule has 2 heteroatoms. The summed E-state index contributed by atoms with van der Waals surface area (Å²) in [5.41, 5.74) is 3.13. The van der Waals surface area contributed by atoms with Gasteiger partial charge in [-0.15, -0.1) is 0 Å². The Morgan fingerprint density at radius 3 is 2.62 bits per heavy atom. The Labute approximate surface area is 147 Å². The number of allylic oxidation sites excluding steroid dienone is 6. The minimum atomic E-state index is -0.0853. The first-order valence-electron chi connectivity index (χ1n) is 9.68. The maximum Gasteiger partial charge on any atom is 0.139 e. The van der Waals surface area contributed by atoms with Gasteiger partial charge in [0, 0.05) is 23.7 Å².